The van der Waals surface area contributed by atoms with Gasteiger partial charge in [-0.15, -0.1) is 0 Å². The molecule has 0 fully saturated rings. The Morgan fingerprint density at radius 2 is 1.95 bits per heavy atom. The van der Waals surface area contributed by atoms with Crippen molar-refractivity contribution < 1.29 is 19.1 Å². The van der Waals surface area contributed by atoms with Gasteiger partial charge in [0.1, 0.15) is 11.7 Å². The van der Waals surface area contributed by atoms with Gasteiger partial charge in [0.15, 0.2) is 5.78 Å². The van der Waals surface area contributed by atoms with Gasteiger partial charge < -0.3 is 9.47 Å². The highest BCUT2D eigenvalue weighted by Gasteiger charge is 2.26. The van der Waals surface area contributed by atoms with Gasteiger partial charge in [0.05, 0.1) is 13.7 Å². The van der Waals surface area contributed by atoms with Crippen LogP contribution in [0.15, 0.2) is 18.2 Å². The Morgan fingerprint density at radius 3 is 2.42 bits per heavy atom. The van der Waals surface area contributed by atoms with Crippen LogP contribution in [0.25, 0.3) is 0 Å². The summed E-state index contributed by atoms with van der Waals surface area (Å²) in [5.41, 5.74) is 1.39. The molecule has 4 nitrogen and oxygen atoms in total. The zero-order valence-electron chi connectivity index (χ0n) is 11.9. The molecule has 19 heavy (non-hydrogen) atoms. The molecular formula is C15H20O4. The van der Waals surface area contributed by atoms with Crippen LogP contribution >= 0.6 is 0 Å². The van der Waals surface area contributed by atoms with Gasteiger partial charge >= 0.3 is 5.97 Å². The average molecular weight is 264 g/mol. The number of methoxy groups -OCH3 is 1. The fourth-order valence-corrected chi connectivity index (χ4v) is 1.92. The van der Waals surface area contributed by atoms with E-state index in [2.05, 4.69) is 4.74 Å². The van der Waals surface area contributed by atoms with Crippen LogP contribution in [-0.4, -0.2) is 25.5 Å². The van der Waals surface area contributed by atoms with Gasteiger partial charge in [-0.05, 0) is 44.0 Å². The monoisotopic (exact) mass is 264 g/mol. The third-order valence-corrected chi connectivity index (χ3v) is 2.97. The van der Waals surface area contributed by atoms with Crippen molar-refractivity contribution in [3.63, 3.8) is 0 Å². The first-order valence-electron chi connectivity index (χ1n) is 6.40. The lowest BCUT2D eigenvalue weighted by atomic mass is 9.94. The molecule has 0 heterocycles. The van der Waals surface area contributed by atoms with E-state index in [0.717, 1.165) is 11.3 Å². The van der Waals surface area contributed by atoms with Gasteiger partial charge in [-0.25, -0.2) is 0 Å². The molecule has 0 bridgehead atoms. The third-order valence-electron chi connectivity index (χ3n) is 2.97. The highest BCUT2D eigenvalue weighted by molar-refractivity contribution is 6.08. The summed E-state index contributed by atoms with van der Waals surface area (Å²) in [5.74, 6) is -0.674. The molecule has 4 heteroatoms. The average Bonchev–Trinajstić information content (AvgIpc) is 2.41. The quantitative estimate of drug-likeness (QED) is 0.450. The molecule has 0 N–H and O–H groups in total. The van der Waals surface area contributed by atoms with Gasteiger partial charge in [0.25, 0.3) is 0 Å². The lowest BCUT2D eigenvalue weighted by Crippen LogP contribution is -2.24. The van der Waals surface area contributed by atoms with Crippen molar-refractivity contribution in [1.29, 1.82) is 0 Å². The van der Waals surface area contributed by atoms with E-state index in [9.17, 15) is 9.59 Å². The number of Topliss-reactive ketones (excluding diaryl/α,β-unsaturated/α-hetero) is 1. The lowest BCUT2D eigenvalue weighted by Gasteiger charge is -2.13. The molecule has 0 spiro atoms. The molecule has 0 amide bonds. The number of esters is 1. The minimum atomic E-state index is -0.734. The van der Waals surface area contributed by atoms with Crippen molar-refractivity contribution in [2.75, 3.05) is 13.7 Å². The number of rotatable bonds is 6. The van der Waals surface area contributed by atoms with Crippen LogP contribution in [0.2, 0.25) is 0 Å². The predicted octanol–water partition coefficient (Wildman–Crippen LogP) is 2.78. The molecule has 104 valence electrons. The number of aryl methyl sites for hydroxylation is 1. The molecule has 0 aliphatic rings. The highest BCUT2D eigenvalue weighted by atomic mass is 16.5. The van der Waals surface area contributed by atoms with Gasteiger partial charge in [-0.1, -0.05) is 6.92 Å². The van der Waals surface area contributed by atoms with Crippen LogP contribution in [0.4, 0.5) is 0 Å². The summed E-state index contributed by atoms with van der Waals surface area (Å²) in [5, 5.41) is 0. The first kappa shape index (κ1) is 15.2. The molecule has 0 aliphatic carbocycles. The number of ketones is 1. The van der Waals surface area contributed by atoms with E-state index in [1.807, 2.05) is 13.8 Å². The molecule has 1 aromatic carbocycles. The topological polar surface area (TPSA) is 52.6 Å². The molecule has 0 aromatic heterocycles. The van der Waals surface area contributed by atoms with Crippen LogP contribution in [-0.2, 0) is 9.53 Å². The Balaban J connectivity index is 2.99. The van der Waals surface area contributed by atoms with Gasteiger partial charge in [0.2, 0.25) is 0 Å². The molecule has 1 aromatic rings. The highest BCUT2D eigenvalue weighted by Crippen LogP contribution is 2.22. The Hall–Kier alpha value is -1.84. The van der Waals surface area contributed by atoms with Crippen LogP contribution in [0.1, 0.15) is 36.2 Å². The second-order valence-electron chi connectivity index (χ2n) is 4.26. The van der Waals surface area contributed by atoms with Gasteiger partial charge in [0, 0.05) is 5.56 Å². The third kappa shape index (κ3) is 3.56. The van der Waals surface area contributed by atoms with Crippen LogP contribution in [0.5, 0.6) is 5.75 Å². The lowest BCUT2D eigenvalue weighted by molar-refractivity contribution is -0.143. The van der Waals surface area contributed by atoms with E-state index in [-0.39, 0.29) is 5.78 Å². The second-order valence-corrected chi connectivity index (χ2v) is 4.26. The maximum Gasteiger partial charge on any atom is 0.316 e. The first-order chi connectivity index (χ1) is 9.04. The number of hydrogen-bond acceptors (Lipinski definition) is 4. The zero-order chi connectivity index (χ0) is 14.4. The Bertz CT molecular complexity index is 465. The summed E-state index contributed by atoms with van der Waals surface area (Å²) in [6.45, 7) is 6.15. The fourth-order valence-electron chi connectivity index (χ4n) is 1.92. The van der Waals surface area contributed by atoms with Crippen LogP contribution < -0.4 is 4.74 Å². The summed E-state index contributed by atoms with van der Waals surface area (Å²) in [6.07, 6.45) is 0.428. The first-order valence-corrected chi connectivity index (χ1v) is 6.40. The SMILES string of the molecule is CCOc1ccc(C(=O)C(CC)C(=O)OC)cc1C. The van der Waals surface area contributed by atoms with Crippen molar-refractivity contribution in [1.82, 2.24) is 0 Å². The molecule has 0 saturated carbocycles. The fraction of sp³-hybridized carbons (Fsp3) is 0.467. The molecule has 0 aliphatic heterocycles. The van der Waals surface area contributed by atoms with Gasteiger partial charge in [-0.2, -0.15) is 0 Å². The Morgan fingerprint density at radius 1 is 1.26 bits per heavy atom. The van der Waals surface area contributed by atoms with E-state index in [4.69, 9.17) is 4.74 Å². The van der Waals surface area contributed by atoms with Crippen molar-refractivity contribution in [3.8, 4) is 5.75 Å². The minimum absolute atomic E-state index is 0.208. The summed E-state index contributed by atoms with van der Waals surface area (Å²) in [7, 11) is 1.29. The molecule has 1 unspecified atom stereocenters. The number of carbonyl (C=O) groups is 2. The Labute approximate surface area is 113 Å². The zero-order valence-corrected chi connectivity index (χ0v) is 11.9. The minimum Gasteiger partial charge on any atom is -0.494 e. The normalized spacial score (nSPS) is 11.8. The Kier molecular flexibility index (Phi) is 5.55. The van der Waals surface area contributed by atoms with Crippen molar-refractivity contribution in [2.24, 2.45) is 5.92 Å². The van der Waals surface area contributed by atoms with E-state index >= 15 is 0 Å². The number of benzene rings is 1. The second kappa shape index (κ2) is 6.92. The smallest absolute Gasteiger partial charge is 0.316 e. The molecule has 1 atom stereocenters. The summed E-state index contributed by atoms with van der Waals surface area (Å²) in [4.78, 5) is 23.8. The number of carbonyl (C=O) groups excluding carboxylic acids is 2. The van der Waals surface area contributed by atoms with Gasteiger partial charge in [-0.3, -0.25) is 9.59 Å². The van der Waals surface area contributed by atoms with Crippen molar-refractivity contribution in [3.05, 3.63) is 29.3 Å². The standard InChI is InChI=1S/C15H20O4/c1-5-12(15(17)18-4)14(16)11-7-8-13(19-6-2)10(3)9-11/h7-9,12H,5-6H2,1-4H3. The molecule has 0 saturated heterocycles. The summed E-state index contributed by atoms with van der Waals surface area (Å²) >= 11 is 0. The van der Waals surface area contributed by atoms with Crippen LogP contribution in [0, 0.1) is 12.8 Å². The van der Waals surface area contributed by atoms with E-state index < -0.39 is 11.9 Å². The summed E-state index contributed by atoms with van der Waals surface area (Å²) in [6, 6.07) is 5.20. The van der Waals surface area contributed by atoms with Crippen molar-refractivity contribution in [2.45, 2.75) is 27.2 Å². The van der Waals surface area contributed by atoms with E-state index in [1.165, 1.54) is 7.11 Å². The maximum absolute atomic E-state index is 12.3. The largest absolute Gasteiger partial charge is 0.494 e. The maximum atomic E-state index is 12.3. The van der Waals surface area contributed by atoms with E-state index in [1.54, 1.807) is 25.1 Å². The summed E-state index contributed by atoms with van der Waals surface area (Å²) < 4.78 is 10.1. The van der Waals surface area contributed by atoms with E-state index in [0.29, 0.717) is 18.6 Å². The van der Waals surface area contributed by atoms with Crippen molar-refractivity contribution >= 4 is 11.8 Å². The molecular weight excluding hydrogens is 244 g/mol. The van der Waals surface area contributed by atoms with Crippen LogP contribution in [0.3, 0.4) is 0 Å². The number of hydrogen-bond donors (Lipinski definition) is 0. The predicted molar refractivity (Wildman–Crippen MR) is 72.5 cm³/mol. The molecule has 1 rings (SSSR count). The number of ether oxygens (including phenoxy) is 2. The molecule has 0 radical (unpaired) electrons.